The van der Waals surface area contributed by atoms with Gasteiger partial charge in [0.15, 0.2) is 0 Å². The van der Waals surface area contributed by atoms with Crippen LogP contribution in [0.3, 0.4) is 0 Å². The third-order valence-corrected chi connectivity index (χ3v) is 6.46. The van der Waals surface area contributed by atoms with Gasteiger partial charge in [-0.1, -0.05) is 44.2 Å². The number of ether oxygens (including phenoxy) is 1. The average Bonchev–Trinajstić information content (AvgIpc) is 3.28. The number of fused-ring (bicyclic) bond motifs is 2. The molecule has 3 amide bonds. The Balaban J connectivity index is 1.63. The number of hydrogen-bond donors (Lipinski definition) is 3. The molecular weight excluding hydrogens is 468 g/mol. The Hall–Kier alpha value is -3.27. The number of nitrogens with zero attached hydrogens (tertiary/aromatic N) is 1. The minimum Gasteiger partial charge on any atom is -0.445 e. The summed E-state index contributed by atoms with van der Waals surface area (Å²) in [7, 11) is 0. The lowest BCUT2D eigenvalue weighted by atomic mass is 10.00. The van der Waals surface area contributed by atoms with Crippen molar-refractivity contribution in [2.75, 3.05) is 6.54 Å². The fourth-order valence-electron chi connectivity index (χ4n) is 3.77. The number of ketones is 1. The van der Waals surface area contributed by atoms with Crippen LogP contribution in [0.1, 0.15) is 49.2 Å². The summed E-state index contributed by atoms with van der Waals surface area (Å²) in [6.45, 7) is 4.24. The monoisotopic (exact) mass is 500 g/mol. The molecule has 0 radical (unpaired) electrons. The molecule has 3 N–H and O–H groups in total. The molecule has 3 rings (SSSR count). The smallest absolute Gasteiger partial charge is 0.408 e. The van der Waals surface area contributed by atoms with Crippen molar-refractivity contribution in [3.63, 3.8) is 0 Å². The van der Waals surface area contributed by atoms with Crippen LogP contribution >= 0.6 is 11.5 Å². The Morgan fingerprint density at radius 2 is 1.97 bits per heavy atom. The van der Waals surface area contributed by atoms with Gasteiger partial charge in [0.25, 0.3) is 5.91 Å². The maximum atomic E-state index is 13.1. The summed E-state index contributed by atoms with van der Waals surface area (Å²) in [5.74, 6) is -1.85. The number of rotatable bonds is 7. The predicted octanol–water partition coefficient (Wildman–Crippen LogP) is 2.53. The van der Waals surface area contributed by atoms with E-state index >= 15 is 0 Å². The van der Waals surface area contributed by atoms with Gasteiger partial charge < -0.3 is 20.7 Å². The number of hydrogen-bond acceptors (Lipinski definition) is 7. The fourth-order valence-corrected chi connectivity index (χ4v) is 4.53. The molecule has 0 saturated carbocycles. The molecule has 0 aliphatic carbocycles. The summed E-state index contributed by atoms with van der Waals surface area (Å²) in [5.41, 5.74) is 1.76. The van der Waals surface area contributed by atoms with Gasteiger partial charge in [0.2, 0.25) is 11.7 Å². The van der Waals surface area contributed by atoms with E-state index in [-0.39, 0.29) is 18.9 Å². The van der Waals surface area contributed by atoms with Crippen molar-refractivity contribution in [1.82, 2.24) is 20.3 Å². The minimum absolute atomic E-state index is 0.0717. The molecule has 2 unspecified atom stereocenters. The third-order valence-electron chi connectivity index (χ3n) is 5.58. The van der Waals surface area contributed by atoms with Crippen LogP contribution in [0.15, 0.2) is 36.4 Å². The highest BCUT2D eigenvalue weighted by molar-refractivity contribution is 7.05. The molecule has 10 heteroatoms. The number of nitrogens with one attached hydrogen (secondary N) is 3. The number of Topliss-reactive ketones (excluding diaryl/α,β-unsaturated/α-hetero) is 1. The zero-order chi connectivity index (χ0) is 25.2. The van der Waals surface area contributed by atoms with Gasteiger partial charge in [0, 0.05) is 17.8 Å². The first-order valence-electron chi connectivity index (χ1n) is 11.9. The molecule has 35 heavy (non-hydrogen) atoms. The van der Waals surface area contributed by atoms with Gasteiger partial charge in [-0.05, 0) is 54.8 Å². The number of alkyl carbamates (subject to hydrolysis) is 1. The SMILES string of the molecule is CC(C)CC(NC(=O)OCc1ccccc1)C(=O)NC1CCCc2cc(sn2)CCNC(=O)C1=O. The van der Waals surface area contributed by atoms with Gasteiger partial charge >= 0.3 is 6.09 Å². The Bertz CT molecular complexity index is 1020. The molecule has 0 fully saturated rings. The highest BCUT2D eigenvalue weighted by Crippen LogP contribution is 2.15. The summed E-state index contributed by atoms with van der Waals surface area (Å²) < 4.78 is 9.67. The first kappa shape index (κ1) is 26.3. The Morgan fingerprint density at radius 1 is 1.20 bits per heavy atom. The first-order chi connectivity index (χ1) is 16.8. The molecule has 2 heterocycles. The molecule has 0 spiro atoms. The number of aryl methyl sites for hydroxylation is 1. The first-order valence-corrected chi connectivity index (χ1v) is 12.6. The highest BCUT2D eigenvalue weighted by Gasteiger charge is 2.30. The summed E-state index contributed by atoms with van der Waals surface area (Å²) in [5, 5.41) is 7.94. The normalized spacial score (nSPS) is 17.5. The van der Waals surface area contributed by atoms with Crippen LogP contribution in [-0.2, 0) is 38.6 Å². The second kappa shape index (κ2) is 13.0. The van der Waals surface area contributed by atoms with Crippen LogP contribution in [0, 0.1) is 5.92 Å². The third kappa shape index (κ3) is 8.47. The summed E-state index contributed by atoms with van der Waals surface area (Å²) in [6.07, 6.45) is 1.74. The van der Waals surface area contributed by atoms with Crippen molar-refractivity contribution in [3.8, 4) is 0 Å². The second-order valence-corrected chi connectivity index (χ2v) is 9.89. The Kier molecular flexibility index (Phi) is 9.77. The molecule has 9 nitrogen and oxygen atoms in total. The van der Waals surface area contributed by atoms with Crippen LogP contribution in [0.5, 0.6) is 0 Å². The van der Waals surface area contributed by atoms with Crippen molar-refractivity contribution in [2.24, 2.45) is 5.92 Å². The lowest BCUT2D eigenvalue weighted by Gasteiger charge is -2.23. The predicted molar refractivity (Wildman–Crippen MR) is 132 cm³/mol. The van der Waals surface area contributed by atoms with E-state index in [1.54, 1.807) is 0 Å². The second-order valence-electron chi connectivity index (χ2n) is 9.00. The summed E-state index contributed by atoms with van der Waals surface area (Å²) in [4.78, 5) is 51.8. The van der Waals surface area contributed by atoms with Gasteiger partial charge in [0.05, 0.1) is 11.7 Å². The Labute approximate surface area is 209 Å². The Morgan fingerprint density at radius 3 is 2.71 bits per heavy atom. The van der Waals surface area contributed by atoms with E-state index < -0.39 is 35.8 Å². The lowest BCUT2D eigenvalue weighted by molar-refractivity contribution is -0.140. The van der Waals surface area contributed by atoms with Crippen molar-refractivity contribution in [1.29, 1.82) is 0 Å². The van der Waals surface area contributed by atoms with E-state index in [1.807, 2.05) is 50.2 Å². The molecule has 1 aromatic carbocycles. The van der Waals surface area contributed by atoms with E-state index in [1.165, 1.54) is 11.5 Å². The number of carbonyl (C=O) groups excluding carboxylic acids is 4. The lowest BCUT2D eigenvalue weighted by Crippen LogP contribution is -2.54. The van der Waals surface area contributed by atoms with Crippen molar-refractivity contribution in [2.45, 2.75) is 64.6 Å². The van der Waals surface area contributed by atoms with Gasteiger partial charge in [-0.25, -0.2) is 4.79 Å². The highest BCUT2D eigenvalue weighted by atomic mass is 32.1. The molecular formula is C25H32N4O5S. The molecule has 1 aromatic heterocycles. The number of benzene rings is 1. The molecule has 2 atom stereocenters. The van der Waals surface area contributed by atoms with Crippen molar-refractivity contribution >= 4 is 35.2 Å². The van der Waals surface area contributed by atoms with E-state index in [9.17, 15) is 19.2 Å². The molecule has 1 aliphatic rings. The van der Waals surface area contributed by atoms with Crippen molar-refractivity contribution < 1.29 is 23.9 Å². The maximum Gasteiger partial charge on any atom is 0.408 e. The van der Waals surface area contributed by atoms with Gasteiger partial charge in [-0.2, -0.15) is 4.37 Å². The average molecular weight is 501 g/mol. The van der Waals surface area contributed by atoms with E-state index in [4.69, 9.17) is 4.74 Å². The van der Waals surface area contributed by atoms with Gasteiger partial charge in [-0.15, -0.1) is 0 Å². The molecule has 1 aliphatic heterocycles. The van der Waals surface area contributed by atoms with Crippen molar-refractivity contribution in [3.05, 3.63) is 52.5 Å². The number of carbonyl (C=O) groups is 4. The van der Waals surface area contributed by atoms with E-state index in [0.29, 0.717) is 32.2 Å². The molecule has 188 valence electrons. The van der Waals surface area contributed by atoms with E-state index in [2.05, 4.69) is 20.3 Å². The standard InChI is InChI=1S/C25H32N4O5S/c1-16(2)13-21(28-25(33)34-15-17-7-4-3-5-8-17)23(31)27-20-10-6-9-18-14-19(35-29-18)11-12-26-24(32)22(20)30/h3-5,7-8,14,16,20-21H,6,9-13,15H2,1-2H3,(H,26,32)(H,27,31)(H,28,33). The fraction of sp³-hybridized carbons (Fsp3) is 0.480. The topological polar surface area (TPSA) is 126 Å². The molecule has 2 aromatic rings. The van der Waals surface area contributed by atoms with Gasteiger partial charge in [0.1, 0.15) is 12.6 Å². The molecule has 0 saturated heterocycles. The number of aromatic nitrogens is 1. The minimum atomic E-state index is -0.989. The summed E-state index contributed by atoms with van der Waals surface area (Å²) >= 11 is 1.39. The van der Waals surface area contributed by atoms with Crippen LogP contribution in [-0.4, -0.2) is 46.7 Å². The largest absolute Gasteiger partial charge is 0.445 e. The van der Waals surface area contributed by atoms with Crippen LogP contribution in [0.4, 0.5) is 4.79 Å². The van der Waals surface area contributed by atoms with Crippen LogP contribution in [0.25, 0.3) is 0 Å². The molecule has 2 bridgehead atoms. The van der Waals surface area contributed by atoms with Crippen LogP contribution in [0.2, 0.25) is 0 Å². The summed E-state index contributed by atoms with van der Waals surface area (Å²) in [6, 6.07) is 9.33. The van der Waals surface area contributed by atoms with E-state index in [0.717, 1.165) is 16.1 Å². The maximum absolute atomic E-state index is 13.1. The zero-order valence-electron chi connectivity index (χ0n) is 20.0. The van der Waals surface area contributed by atoms with Gasteiger partial charge in [-0.3, -0.25) is 14.4 Å². The zero-order valence-corrected chi connectivity index (χ0v) is 20.9. The quantitative estimate of drug-likeness (QED) is 0.502. The van der Waals surface area contributed by atoms with Crippen LogP contribution < -0.4 is 16.0 Å². The number of amides is 3.